The van der Waals surface area contributed by atoms with E-state index in [1.165, 1.54) is 5.56 Å². The van der Waals surface area contributed by atoms with Crippen LogP contribution in [-0.4, -0.2) is 54.8 Å². The molecular weight excluding hydrogens is 302 g/mol. The first-order valence-corrected chi connectivity index (χ1v) is 8.72. The second kappa shape index (κ2) is 6.55. The molecule has 0 saturated carbocycles. The molecule has 2 heterocycles. The number of hydrogen-bond acceptors (Lipinski definition) is 3. The Morgan fingerprint density at radius 2 is 1.88 bits per heavy atom. The molecule has 0 aliphatic carbocycles. The van der Waals surface area contributed by atoms with Crippen LogP contribution in [-0.2, 0) is 16.1 Å². The van der Waals surface area contributed by atoms with Gasteiger partial charge in [0.05, 0.1) is 5.92 Å². The fraction of sp³-hybridized carbons (Fsp3) is 0.579. The number of benzene rings is 1. The van der Waals surface area contributed by atoms with E-state index in [2.05, 4.69) is 22.3 Å². The number of hydrogen-bond donors (Lipinski definition) is 1. The lowest BCUT2D eigenvalue weighted by Gasteiger charge is -2.51. The monoisotopic (exact) mass is 329 g/mol. The van der Waals surface area contributed by atoms with E-state index >= 15 is 0 Å². The van der Waals surface area contributed by atoms with E-state index in [0.717, 1.165) is 19.6 Å². The first-order valence-electron chi connectivity index (χ1n) is 8.72. The summed E-state index contributed by atoms with van der Waals surface area (Å²) < 4.78 is 0. The van der Waals surface area contributed by atoms with Crippen molar-refractivity contribution >= 4 is 11.8 Å². The Kier molecular flexibility index (Phi) is 4.63. The van der Waals surface area contributed by atoms with Gasteiger partial charge in [0.1, 0.15) is 0 Å². The summed E-state index contributed by atoms with van der Waals surface area (Å²) in [5.41, 5.74) is 1.18. The first-order chi connectivity index (χ1) is 11.4. The summed E-state index contributed by atoms with van der Waals surface area (Å²) in [7, 11) is 1.70. The molecule has 1 aromatic rings. The first kappa shape index (κ1) is 17.0. The predicted molar refractivity (Wildman–Crippen MR) is 93.1 cm³/mol. The zero-order valence-electron chi connectivity index (χ0n) is 14.8. The molecule has 0 bridgehead atoms. The Bertz CT molecular complexity index is 608. The Morgan fingerprint density at radius 3 is 2.46 bits per heavy atom. The van der Waals surface area contributed by atoms with Gasteiger partial charge in [-0.05, 0) is 5.56 Å². The van der Waals surface area contributed by atoms with Gasteiger partial charge in [0, 0.05) is 51.1 Å². The normalized spacial score (nSPS) is 22.7. The van der Waals surface area contributed by atoms with Crippen molar-refractivity contribution in [1.29, 1.82) is 0 Å². The second-order valence-corrected chi connectivity index (χ2v) is 7.53. The molecule has 1 unspecified atom stereocenters. The van der Waals surface area contributed by atoms with Crippen molar-refractivity contribution in [1.82, 2.24) is 15.1 Å². The summed E-state index contributed by atoms with van der Waals surface area (Å²) in [5, 5.41) is 2.81. The van der Waals surface area contributed by atoms with Crippen LogP contribution in [0.5, 0.6) is 0 Å². The molecule has 3 rings (SSSR count). The molecule has 2 saturated heterocycles. The molecule has 1 spiro atoms. The van der Waals surface area contributed by atoms with Gasteiger partial charge < -0.3 is 10.2 Å². The van der Waals surface area contributed by atoms with Gasteiger partial charge in [0.15, 0.2) is 0 Å². The minimum absolute atomic E-state index is 0.0163. The second-order valence-electron chi connectivity index (χ2n) is 7.53. The topological polar surface area (TPSA) is 52.7 Å². The van der Waals surface area contributed by atoms with Gasteiger partial charge in [0.2, 0.25) is 11.8 Å². The highest BCUT2D eigenvalue weighted by Gasteiger charge is 2.57. The number of likely N-dealkylation sites (tertiary alicyclic amines) is 2. The molecule has 2 aliphatic rings. The van der Waals surface area contributed by atoms with Gasteiger partial charge in [-0.3, -0.25) is 14.5 Å². The Labute approximate surface area is 144 Å². The molecule has 2 aliphatic heterocycles. The average Bonchev–Trinajstić information content (AvgIpc) is 2.92. The van der Waals surface area contributed by atoms with E-state index in [0.29, 0.717) is 13.1 Å². The van der Waals surface area contributed by atoms with Gasteiger partial charge in [-0.1, -0.05) is 44.2 Å². The third kappa shape index (κ3) is 3.05. The van der Waals surface area contributed by atoms with Crippen molar-refractivity contribution in [2.75, 3.05) is 33.2 Å². The molecule has 130 valence electrons. The minimum atomic E-state index is -0.0839. The Morgan fingerprint density at radius 1 is 1.21 bits per heavy atom. The summed E-state index contributed by atoms with van der Waals surface area (Å²) in [6.45, 7) is 7.76. The number of nitrogens with one attached hydrogen (secondary N) is 1. The fourth-order valence-electron chi connectivity index (χ4n) is 4.12. The van der Waals surface area contributed by atoms with E-state index in [1.54, 1.807) is 7.05 Å². The van der Waals surface area contributed by atoms with E-state index in [4.69, 9.17) is 0 Å². The lowest BCUT2D eigenvalue weighted by atomic mass is 9.71. The van der Waals surface area contributed by atoms with Gasteiger partial charge in [-0.25, -0.2) is 0 Å². The van der Waals surface area contributed by atoms with Crippen LogP contribution in [0, 0.1) is 17.3 Å². The van der Waals surface area contributed by atoms with Crippen LogP contribution in [0.3, 0.4) is 0 Å². The van der Waals surface area contributed by atoms with Crippen molar-refractivity contribution in [3.8, 4) is 0 Å². The molecule has 24 heavy (non-hydrogen) atoms. The molecule has 0 radical (unpaired) electrons. The predicted octanol–water partition coefficient (Wildman–Crippen LogP) is 1.35. The molecule has 1 N–H and O–H groups in total. The molecule has 1 atom stereocenters. The molecule has 2 fully saturated rings. The molecular formula is C19H27N3O2. The number of rotatable bonds is 4. The summed E-state index contributed by atoms with van der Waals surface area (Å²) >= 11 is 0. The van der Waals surface area contributed by atoms with Gasteiger partial charge >= 0.3 is 0 Å². The van der Waals surface area contributed by atoms with Crippen LogP contribution >= 0.6 is 0 Å². The van der Waals surface area contributed by atoms with Crippen LogP contribution < -0.4 is 5.32 Å². The lowest BCUT2D eigenvalue weighted by molar-refractivity contribution is -0.152. The van der Waals surface area contributed by atoms with Crippen LogP contribution in [0.1, 0.15) is 19.4 Å². The van der Waals surface area contributed by atoms with Crippen molar-refractivity contribution in [3.05, 3.63) is 35.9 Å². The smallest absolute Gasteiger partial charge is 0.225 e. The highest BCUT2D eigenvalue weighted by atomic mass is 16.2. The number of nitrogens with zero attached hydrogens (tertiary/aromatic N) is 2. The summed E-state index contributed by atoms with van der Waals surface area (Å²) in [6.07, 6.45) is 0. The third-order valence-corrected chi connectivity index (χ3v) is 5.35. The maximum Gasteiger partial charge on any atom is 0.225 e. The maximum absolute atomic E-state index is 12.4. The van der Waals surface area contributed by atoms with Gasteiger partial charge in [-0.2, -0.15) is 0 Å². The van der Waals surface area contributed by atoms with Crippen molar-refractivity contribution in [3.63, 3.8) is 0 Å². The van der Waals surface area contributed by atoms with Crippen molar-refractivity contribution < 1.29 is 9.59 Å². The molecule has 2 amide bonds. The maximum atomic E-state index is 12.4. The zero-order valence-corrected chi connectivity index (χ0v) is 14.8. The molecule has 5 heteroatoms. The quantitative estimate of drug-likeness (QED) is 0.907. The summed E-state index contributed by atoms with van der Waals surface area (Å²) in [5.74, 6) is 0.269. The van der Waals surface area contributed by atoms with Crippen LogP contribution in [0.4, 0.5) is 0 Å². The standard InChI is InChI=1S/C19H27N3O2/c1-14(2)18(24)22-12-19(13-22)11-21(10-16(19)17(23)20-3)9-15-7-5-4-6-8-15/h4-8,14,16H,9-13H2,1-3H3,(H,20,23). The number of amides is 2. The molecule has 1 aromatic carbocycles. The van der Waals surface area contributed by atoms with E-state index < -0.39 is 0 Å². The van der Waals surface area contributed by atoms with Crippen LogP contribution in [0.25, 0.3) is 0 Å². The minimum Gasteiger partial charge on any atom is -0.359 e. The van der Waals surface area contributed by atoms with E-state index in [-0.39, 0.29) is 29.1 Å². The van der Waals surface area contributed by atoms with Gasteiger partial charge in [-0.15, -0.1) is 0 Å². The van der Waals surface area contributed by atoms with E-state index in [9.17, 15) is 9.59 Å². The molecule has 5 nitrogen and oxygen atoms in total. The number of carbonyl (C=O) groups is 2. The summed E-state index contributed by atoms with van der Waals surface area (Å²) in [4.78, 5) is 28.8. The third-order valence-electron chi connectivity index (χ3n) is 5.35. The highest BCUT2D eigenvalue weighted by molar-refractivity contribution is 5.82. The SMILES string of the molecule is CNC(=O)C1CN(Cc2ccccc2)CC12CN(C(=O)C(C)C)C2. The van der Waals surface area contributed by atoms with Crippen molar-refractivity contribution in [2.45, 2.75) is 20.4 Å². The average molecular weight is 329 g/mol. The largest absolute Gasteiger partial charge is 0.359 e. The van der Waals surface area contributed by atoms with Gasteiger partial charge in [0.25, 0.3) is 0 Å². The molecule has 0 aromatic heterocycles. The lowest BCUT2D eigenvalue weighted by Crippen LogP contribution is -2.64. The zero-order chi connectivity index (χ0) is 17.3. The number of carbonyl (C=O) groups excluding carboxylic acids is 2. The highest BCUT2D eigenvalue weighted by Crippen LogP contribution is 2.44. The Hall–Kier alpha value is -1.88. The van der Waals surface area contributed by atoms with Crippen LogP contribution in [0.2, 0.25) is 0 Å². The van der Waals surface area contributed by atoms with E-state index in [1.807, 2.05) is 36.9 Å². The fourth-order valence-corrected chi connectivity index (χ4v) is 4.12. The van der Waals surface area contributed by atoms with Crippen molar-refractivity contribution in [2.24, 2.45) is 17.3 Å². The summed E-state index contributed by atoms with van der Waals surface area (Å²) in [6, 6.07) is 10.3. The van der Waals surface area contributed by atoms with Crippen LogP contribution in [0.15, 0.2) is 30.3 Å². The Balaban J connectivity index is 1.71.